The van der Waals surface area contributed by atoms with E-state index in [1.807, 2.05) is 0 Å². The number of rotatable bonds is 3. The predicted octanol–water partition coefficient (Wildman–Crippen LogP) is 0.789. The summed E-state index contributed by atoms with van der Waals surface area (Å²) in [5, 5.41) is 0.483. The molecular weight excluding hydrogens is 247 g/mol. The average Bonchev–Trinajstić information content (AvgIpc) is 2.50. The summed E-state index contributed by atoms with van der Waals surface area (Å²) in [5.41, 5.74) is 5.38. The summed E-state index contributed by atoms with van der Waals surface area (Å²) in [4.78, 5) is 3.63. The Morgan fingerprint density at radius 3 is 2.76 bits per heavy atom. The van der Waals surface area contributed by atoms with E-state index in [-0.39, 0.29) is 12.3 Å². The minimum absolute atomic E-state index is 0.0800. The molecule has 0 radical (unpaired) electrons. The molecule has 0 unspecified atom stereocenters. The zero-order chi connectivity index (χ0) is 12.5. The summed E-state index contributed by atoms with van der Waals surface area (Å²) in [7, 11) is -3.58. The number of benzene rings is 1. The molecule has 1 heterocycles. The van der Waals surface area contributed by atoms with Gasteiger partial charge < -0.3 is 10.5 Å². The second-order valence-corrected chi connectivity index (χ2v) is 5.09. The van der Waals surface area contributed by atoms with Crippen LogP contribution in [0.25, 0.3) is 0 Å². The quantitative estimate of drug-likeness (QED) is 0.866. The molecule has 1 aliphatic heterocycles. The molecule has 1 aromatic carbocycles. The van der Waals surface area contributed by atoms with Crippen molar-refractivity contribution in [2.45, 2.75) is 0 Å². The lowest BCUT2D eigenvalue weighted by atomic mass is 10.3. The second-order valence-electron chi connectivity index (χ2n) is 3.35. The summed E-state index contributed by atoms with van der Waals surface area (Å²) in [6.45, 7) is -0.0800. The molecule has 0 saturated carbocycles. The van der Waals surface area contributed by atoms with Gasteiger partial charge in [0.2, 0.25) is 15.0 Å². The molecule has 1 aliphatic rings. The molecule has 0 aromatic heterocycles. The summed E-state index contributed by atoms with van der Waals surface area (Å²) in [5.74, 6) is -0.137. The van der Waals surface area contributed by atoms with Crippen LogP contribution in [0.2, 0.25) is 0 Å². The summed E-state index contributed by atoms with van der Waals surface area (Å²) >= 11 is 0. The van der Waals surface area contributed by atoms with E-state index in [2.05, 4.69) is 4.99 Å². The number of sulfone groups is 1. The average molecular weight is 256 g/mol. The number of aliphatic imine (C=N–C) groups is 1. The van der Waals surface area contributed by atoms with Gasteiger partial charge in [-0.15, -0.1) is 0 Å². The van der Waals surface area contributed by atoms with Crippen LogP contribution in [-0.4, -0.2) is 20.2 Å². The number of amidine groups is 1. The van der Waals surface area contributed by atoms with Crippen LogP contribution in [0.4, 0.5) is 4.39 Å². The highest BCUT2D eigenvalue weighted by atomic mass is 32.2. The molecule has 0 bridgehead atoms. The third-order valence-electron chi connectivity index (χ3n) is 2.02. The number of hydrogen-bond donors (Lipinski definition) is 1. The highest BCUT2D eigenvalue weighted by Gasteiger charge is 2.21. The minimum atomic E-state index is -3.58. The topological polar surface area (TPSA) is 81.8 Å². The fourth-order valence-electron chi connectivity index (χ4n) is 1.25. The Balaban J connectivity index is 2.06. The molecule has 0 atom stereocenters. The van der Waals surface area contributed by atoms with Gasteiger partial charge in [-0.25, -0.2) is 17.8 Å². The standard InChI is InChI=1S/C10H9FN2O3S/c11-7-2-1-3-9(4-7)16-5-8-6-17(14,15)10(12)13-8/h1-4,6H,5H2,(H2,12,13). The number of halogens is 1. The summed E-state index contributed by atoms with van der Waals surface area (Å²) < 4.78 is 40.4. The first-order chi connectivity index (χ1) is 7.97. The molecule has 0 amide bonds. The van der Waals surface area contributed by atoms with Crippen LogP contribution in [0.15, 0.2) is 40.4 Å². The predicted molar refractivity (Wildman–Crippen MR) is 60.5 cm³/mol. The van der Waals surface area contributed by atoms with Crippen LogP contribution >= 0.6 is 0 Å². The minimum Gasteiger partial charge on any atom is -0.487 e. The van der Waals surface area contributed by atoms with Gasteiger partial charge in [0.25, 0.3) is 0 Å². The molecule has 0 saturated heterocycles. The van der Waals surface area contributed by atoms with Crippen molar-refractivity contribution < 1.29 is 17.5 Å². The maximum atomic E-state index is 12.8. The smallest absolute Gasteiger partial charge is 0.234 e. The lowest BCUT2D eigenvalue weighted by Gasteiger charge is -2.04. The Morgan fingerprint density at radius 2 is 2.18 bits per heavy atom. The molecule has 7 heteroatoms. The molecule has 1 aromatic rings. The zero-order valence-corrected chi connectivity index (χ0v) is 9.45. The Morgan fingerprint density at radius 1 is 1.41 bits per heavy atom. The molecule has 17 heavy (non-hydrogen) atoms. The van der Waals surface area contributed by atoms with Gasteiger partial charge in [0.1, 0.15) is 18.2 Å². The first-order valence-electron chi connectivity index (χ1n) is 4.65. The van der Waals surface area contributed by atoms with Crippen LogP contribution in [0.5, 0.6) is 5.75 Å². The van der Waals surface area contributed by atoms with Gasteiger partial charge in [-0.3, -0.25) is 0 Å². The van der Waals surface area contributed by atoms with Crippen LogP contribution in [-0.2, 0) is 9.84 Å². The molecule has 0 spiro atoms. The number of nitrogens with two attached hydrogens (primary N) is 1. The fourth-order valence-corrected chi connectivity index (χ4v) is 2.10. The third kappa shape index (κ3) is 2.62. The molecule has 0 aliphatic carbocycles. The van der Waals surface area contributed by atoms with Gasteiger partial charge in [0, 0.05) is 6.07 Å². The number of hydrogen-bond acceptors (Lipinski definition) is 5. The monoisotopic (exact) mass is 256 g/mol. The lowest BCUT2D eigenvalue weighted by molar-refractivity contribution is 0.349. The van der Waals surface area contributed by atoms with Crippen molar-refractivity contribution in [1.29, 1.82) is 0 Å². The largest absolute Gasteiger partial charge is 0.487 e. The lowest BCUT2D eigenvalue weighted by Crippen LogP contribution is -2.18. The van der Waals surface area contributed by atoms with Gasteiger partial charge in [-0.2, -0.15) is 0 Å². The van der Waals surface area contributed by atoms with E-state index in [9.17, 15) is 12.8 Å². The molecule has 0 fully saturated rings. The molecule has 90 valence electrons. The van der Waals surface area contributed by atoms with Crippen molar-refractivity contribution in [3.63, 3.8) is 0 Å². The Labute approximate surface area is 97.3 Å². The zero-order valence-electron chi connectivity index (χ0n) is 8.63. The van der Waals surface area contributed by atoms with Gasteiger partial charge >= 0.3 is 0 Å². The van der Waals surface area contributed by atoms with Gasteiger partial charge in [-0.05, 0) is 12.1 Å². The highest BCUT2D eigenvalue weighted by molar-refractivity contribution is 8.09. The van der Waals surface area contributed by atoms with Gasteiger partial charge in [-0.1, -0.05) is 6.07 Å². The Bertz CT molecular complexity index is 608. The van der Waals surface area contributed by atoms with Crippen molar-refractivity contribution in [3.05, 3.63) is 41.2 Å². The first-order valence-corrected chi connectivity index (χ1v) is 6.20. The van der Waals surface area contributed by atoms with Crippen LogP contribution in [0.3, 0.4) is 0 Å². The van der Waals surface area contributed by atoms with Crippen molar-refractivity contribution in [1.82, 2.24) is 0 Å². The van der Waals surface area contributed by atoms with E-state index in [0.29, 0.717) is 5.75 Å². The highest BCUT2D eigenvalue weighted by Crippen LogP contribution is 2.16. The number of nitrogens with zero attached hydrogens (tertiary/aromatic N) is 1. The van der Waals surface area contributed by atoms with Crippen LogP contribution in [0.1, 0.15) is 0 Å². The molecule has 2 rings (SSSR count). The molecule has 5 nitrogen and oxygen atoms in total. The Hall–Kier alpha value is -1.89. The molecule has 2 N–H and O–H groups in total. The van der Waals surface area contributed by atoms with Crippen molar-refractivity contribution in [2.75, 3.05) is 6.61 Å². The second kappa shape index (κ2) is 4.17. The normalized spacial score (nSPS) is 17.5. The van der Waals surface area contributed by atoms with E-state index >= 15 is 0 Å². The maximum Gasteiger partial charge on any atom is 0.234 e. The Kier molecular flexibility index (Phi) is 2.84. The number of ether oxygens (including phenoxy) is 1. The van der Waals surface area contributed by atoms with Gasteiger partial charge in [0.15, 0.2) is 0 Å². The van der Waals surface area contributed by atoms with E-state index in [0.717, 1.165) is 5.41 Å². The van der Waals surface area contributed by atoms with Crippen LogP contribution in [0, 0.1) is 5.82 Å². The summed E-state index contributed by atoms with van der Waals surface area (Å²) in [6.07, 6.45) is 0. The van der Waals surface area contributed by atoms with Crippen molar-refractivity contribution in [2.24, 2.45) is 10.7 Å². The molecular formula is C10H9FN2O3S. The van der Waals surface area contributed by atoms with Crippen LogP contribution < -0.4 is 10.5 Å². The van der Waals surface area contributed by atoms with E-state index in [1.165, 1.54) is 18.2 Å². The summed E-state index contributed by atoms with van der Waals surface area (Å²) in [6, 6.07) is 5.52. The van der Waals surface area contributed by atoms with E-state index in [1.54, 1.807) is 6.07 Å². The van der Waals surface area contributed by atoms with Crippen molar-refractivity contribution >= 4 is 15.0 Å². The first kappa shape index (κ1) is 11.6. The van der Waals surface area contributed by atoms with E-state index in [4.69, 9.17) is 10.5 Å². The van der Waals surface area contributed by atoms with E-state index < -0.39 is 20.8 Å². The maximum absolute atomic E-state index is 12.8. The van der Waals surface area contributed by atoms with Crippen molar-refractivity contribution in [3.8, 4) is 5.75 Å². The SMILES string of the molecule is NC1=NC(COc2cccc(F)c2)=CS1(=O)=O. The fraction of sp³-hybridized carbons (Fsp3) is 0.100. The van der Waals surface area contributed by atoms with Gasteiger partial charge in [0.05, 0.1) is 11.1 Å². The third-order valence-corrected chi connectivity index (χ3v) is 3.28.